The van der Waals surface area contributed by atoms with Gasteiger partial charge in [0.2, 0.25) is 5.88 Å². The lowest BCUT2D eigenvalue weighted by Crippen LogP contribution is -2.36. The number of rotatable bonds is 4. The molecule has 0 saturated carbocycles. The van der Waals surface area contributed by atoms with Gasteiger partial charge in [-0.2, -0.15) is 5.10 Å². The van der Waals surface area contributed by atoms with E-state index in [9.17, 15) is 0 Å². The highest BCUT2D eigenvalue weighted by Gasteiger charge is 2.23. The van der Waals surface area contributed by atoms with Crippen LogP contribution in [0.4, 0.5) is 5.82 Å². The zero-order chi connectivity index (χ0) is 17.2. The second-order valence-corrected chi connectivity index (χ2v) is 6.56. The Hall–Kier alpha value is -2.70. The minimum atomic E-state index is 0.546. The molecule has 0 bridgehead atoms. The lowest BCUT2D eigenvalue weighted by Gasteiger charge is -2.32. The summed E-state index contributed by atoms with van der Waals surface area (Å²) in [4.78, 5) is 15.5. The molecule has 25 heavy (non-hydrogen) atoms. The van der Waals surface area contributed by atoms with Gasteiger partial charge in [-0.1, -0.05) is 6.07 Å². The summed E-state index contributed by atoms with van der Waals surface area (Å²) in [5.74, 6) is 2.25. The molecule has 3 aromatic rings. The van der Waals surface area contributed by atoms with Crippen LogP contribution in [0.2, 0.25) is 0 Å². The molecular weight excluding hydrogens is 316 g/mol. The molecular formula is C18H22N6O. The van der Waals surface area contributed by atoms with Crippen molar-refractivity contribution in [3.05, 3.63) is 36.4 Å². The van der Waals surface area contributed by atoms with Crippen molar-refractivity contribution in [2.75, 3.05) is 24.6 Å². The predicted molar refractivity (Wildman–Crippen MR) is 95.7 cm³/mol. The van der Waals surface area contributed by atoms with E-state index in [0.717, 1.165) is 61.0 Å². The summed E-state index contributed by atoms with van der Waals surface area (Å²) in [7, 11) is 1.90. The number of aryl methyl sites for hydroxylation is 2. The fraction of sp³-hybridized carbons (Fsp3) is 0.444. The first-order valence-electron chi connectivity index (χ1n) is 8.65. The Kier molecular flexibility index (Phi) is 4.21. The maximum absolute atomic E-state index is 5.87. The van der Waals surface area contributed by atoms with E-state index < -0.39 is 0 Å². The van der Waals surface area contributed by atoms with E-state index in [-0.39, 0.29) is 0 Å². The van der Waals surface area contributed by atoms with Gasteiger partial charge in [0.15, 0.2) is 5.65 Å². The lowest BCUT2D eigenvalue weighted by atomic mass is 9.98. The number of hydrogen-bond donors (Lipinski definition) is 0. The first-order chi connectivity index (χ1) is 12.2. The highest BCUT2D eigenvalue weighted by molar-refractivity contribution is 5.86. The van der Waals surface area contributed by atoms with Gasteiger partial charge in [-0.25, -0.2) is 15.0 Å². The van der Waals surface area contributed by atoms with Gasteiger partial charge >= 0.3 is 0 Å². The van der Waals surface area contributed by atoms with Gasteiger partial charge < -0.3 is 9.64 Å². The smallest absolute Gasteiger partial charge is 0.213 e. The van der Waals surface area contributed by atoms with E-state index in [2.05, 4.69) is 25.0 Å². The maximum atomic E-state index is 5.87. The molecule has 0 spiro atoms. The van der Waals surface area contributed by atoms with Crippen LogP contribution in [0.25, 0.3) is 11.0 Å². The number of ether oxygens (including phenoxy) is 1. The Morgan fingerprint density at radius 1 is 1.20 bits per heavy atom. The molecule has 1 fully saturated rings. The van der Waals surface area contributed by atoms with E-state index in [4.69, 9.17) is 4.74 Å². The van der Waals surface area contributed by atoms with Crippen molar-refractivity contribution in [2.24, 2.45) is 13.0 Å². The quantitative estimate of drug-likeness (QED) is 0.727. The molecule has 4 heterocycles. The zero-order valence-corrected chi connectivity index (χ0v) is 14.6. The molecule has 0 unspecified atom stereocenters. The maximum Gasteiger partial charge on any atom is 0.213 e. The van der Waals surface area contributed by atoms with Crippen LogP contribution in [0.5, 0.6) is 5.88 Å². The second kappa shape index (κ2) is 6.66. The van der Waals surface area contributed by atoms with Crippen LogP contribution in [-0.4, -0.2) is 44.4 Å². The summed E-state index contributed by atoms with van der Waals surface area (Å²) >= 11 is 0. The van der Waals surface area contributed by atoms with Crippen molar-refractivity contribution in [3.8, 4) is 5.88 Å². The van der Waals surface area contributed by atoms with Crippen LogP contribution >= 0.6 is 0 Å². The van der Waals surface area contributed by atoms with Crippen molar-refractivity contribution >= 4 is 16.9 Å². The molecule has 4 rings (SSSR count). The van der Waals surface area contributed by atoms with Crippen LogP contribution in [-0.2, 0) is 7.05 Å². The molecule has 0 atom stereocenters. The van der Waals surface area contributed by atoms with E-state index in [1.165, 1.54) is 0 Å². The zero-order valence-electron chi connectivity index (χ0n) is 14.6. The van der Waals surface area contributed by atoms with Crippen molar-refractivity contribution in [2.45, 2.75) is 19.8 Å². The van der Waals surface area contributed by atoms with E-state index in [1.54, 1.807) is 11.0 Å². The minimum Gasteiger partial charge on any atom is -0.477 e. The fourth-order valence-corrected chi connectivity index (χ4v) is 3.31. The number of fused-ring (bicyclic) bond motifs is 1. The van der Waals surface area contributed by atoms with E-state index >= 15 is 0 Å². The summed E-state index contributed by atoms with van der Waals surface area (Å²) in [6.07, 6.45) is 5.64. The summed E-state index contributed by atoms with van der Waals surface area (Å²) in [5.41, 5.74) is 1.86. The topological polar surface area (TPSA) is 69.0 Å². The molecule has 0 radical (unpaired) electrons. The molecule has 0 N–H and O–H groups in total. The molecule has 1 aliphatic rings. The highest BCUT2D eigenvalue weighted by Crippen LogP contribution is 2.27. The van der Waals surface area contributed by atoms with Gasteiger partial charge in [0.1, 0.15) is 12.1 Å². The number of pyridine rings is 1. The van der Waals surface area contributed by atoms with Gasteiger partial charge in [-0.3, -0.25) is 4.68 Å². The van der Waals surface area contributed by atoms with Crippen molar-refractivity contribution in [3.63, 3.8) is 0 Å². The van der Waals surface area contributed by atoms with Crippen molar-refractivity contribution in [1.29, 1.82) is 0 Å². The normalized spacial score (nSPS) is 15.7. The Labute approximate surface area is 146 Å². The van der Waals surface area contributed by atoms with Gasteiger partial charge in [0, 0.05) is 31.9 Å². The standard InChI is InChI=1S/C18H22N6O/c1-13-4-3-5-16(22-13)25-11-14-6-8-24(9-7-14)18-15-10-21-23(2)17(15)19-12-20-18/h3-5,10,12,14H,6-9,11H2,1-2H3. The molecule has 1 aliphatic heterocycles. The Morgan fingerprint density at radius 3 is 2.84 bits per heavy atom. The number of hydrogen-bond acceptors (Lipinski definition) is 6. The summed E-state index contributed by atoms with van der Waals surface area (Å²) in [6, 6.07) is 5.88. The van der Waals surface area contributed by atoms with Gasteiger partial charge in [0.25, 0.3) is 0 Å². The highest BCUT2D eigenvalue weighted by atomic mass is 16.5. The molecule has 7 heteroatoms. The average Bonchev–Trinajstić information content (AvgIpc) is 3.02. The Balaban J connectivity index is 1.38. The van der Waals surface area contributed by atoms with Gasteiger partial charge in [-0.15, -0.1) is 0 Å². The number of piperidine rings is 1. The van der Waals surface area contributed by atoms with E-state index in [0.29, 0.717) is 5.92 Å². The lowest BCUT2D eigenvalue weighted by molar-refractivity contribution is 0.215. The molecule has 130 valence electrons. The van der Waals surface area contributed by atoms with Crippen LogP contribution in [0.3, 0.4) is 0 Å². The Bertz CT molecular complexity index is 869. The Morgan fingerprint density at radius 2 is 2.04 bits per heavy atom. The third-order valence-corrected chi connectivity index (χ3v) is 4.75. The predicted octanol–water partition coefficient (Wildman–Crippen LogP) is 2.36. The van der Waals surface area contributed by atoms with Gasteiger partial charge in [0.05, 0.1) is 18.2 Å². The average molecular weight is 338 g/mol. The van der Waals surface area contributed by atoms with Crippen molar-refractivity contribution in [1.82, 2.24) is 24.7 Å². The second-order valence-electron chi connectivity index (χ2n) is 6.56. The first-order valence-corrected chi connectivity index (χ1v) is 8.65. The minimum absolute atomic E-state index is 0.546. The molecule has 7 nitrogen and oxygen atoms in total. The molecule has 3 aromatic heterocycles. The summed E-state index contributed by atoms with van der Waals surface area (Å²) in [6.45, 7) is 4.63. The first kappa shape index (κ1) is 15.8. The van der Waals surface area contributed by atoms with Crippen LogP contribution in [0, 0.1) is 12.8 Å². The number of nitrogens with zero attached hydrogens (tertiary/aromatic N) is 6. The largest absolute Gasteiger partial charge is 0.477 e. The van der Waals surface area contributed by atoms with Crippen LogP contribution in [0.1, 0.15) is 18.5 Å². The summed E-state index contributed by atoms with van der Waals surface area (Å²) < 4.78 is 7.66. The third-order valence-electron chi connectivity index (χ3n) is 4.75. The van der Waals surface area contributed by atoms with Crippen molar-refractivity contribution < 1.29 is 4.74 Å². The summed E-state index contributed by atoms with van der Waals surface area (Å²) in [5, 5.41) is 5.31. The van der Waals surface area contributed by atoms with Crippen LogP contribution in [0.15, 0.2) is 30.7 Å². The van der Waals surface area contributed by atoms with E-state index in [1.807, 2.05) is 38.4 Å². The SMILES string of the molecule is Cc1cccc(OCC2CCN(c3ncnc4c3cnn4C)CC2)n1. The molecule has 0 amide bonds. The monoisotopic (exact) mass is 338 g/mol. The molecule has 1 saturated heterocycles. The fourth-order valence-electron chi connectivity index (χ4n) is 3.31. The third kappa shape index (κ3) is 3.26. The molecule has 0 aliphatic carbocycles. The van der Waals surface area contributed by atoms with Gasteiger partial charge in [-0.05, 0) is 31.7 Å². The molecule has 0 aromatic carbocycles. The number of anilines is 1. The van der Waals surface area contributed by atoms with Crippen LogP contribution < -0.4 is 9.64 Å². The number of aromatic nitrogens is 5.